The van der Waals surface area contributed by atoms with Gasteiger partial charge in [0.1, 0.15) is 0 Å². The molecular weight excluding hydrogens is 1450 g/mol. The normalized spacial score (nSPS) is 17.6. The van der Waals surface area contributed by atoms with E-state index in [1.807, 2.05) is 48.5 Å². The van der Waals surface area contributed by atoms with Crippen LogP contribution in [0.3, 0.4) is 0 Å². The summed E-state index contributed by atoms with van der Waals surface area (Å²) in [7, 11) is 7.86. The van der Waals surface area contributed by atoms with Crippen molar-refractivity contribution in [2.75, 3.05) is 104 Å². The molecule has 2 fully saturated rings. The van der Waals surface area contributed by atoms with Crippen molar-refractivity contribution in [3.8, 4) is 0 Å². The van der Waals surface area contributed by atoms with Gasteiger partial charge in [-0.1, -0.05) is 157 Å². The number of piperidine rings is 2. The molecule has 4 heterocycles. The molecule has 6 aromatic carbocycles. The highest BCUT2D eigenvalue weighted by Crippen LogP contribution is 2.49. The molecule has 16 nitrogen and oxygen atoms in total. The summed E-state index contributed by atoms with van der Waals surface area (Å²) in [6.45, 7) is 7.92. The Morgan fingerprint density at radius 3 is 1.08 bits per heavy atom. The van der Waals surface area contributed by atoms with Crippen molar-refractivity contribution in [3.05, 3.63) is 199 Å². The molecule has 0 bridgehead atoms. The van der Waals surface area contributed by atoms with Crippen LogP contribution in [-0.4, -0.2) is 168 Å². The number of anilines is 2. The average molecular weight is 1540 g/mol. The predicted octanol–water partition coefficient (Wildman–Crippen LogP) is 12.7. The highest BCUT2D eigenvalue weighted by Gasteiger charge is 2.51. The molecular formula is C72H90Cl6N8O8S4. The first-order chi connectivity index (χ1) is 44.9. The minimum absolute atomic E-state index is 0. The van der Waals surface area contributed by atoms with E-state index in [2.05, 4.69) is 34.1 Å². The van der Waals surface area contributed by atoms with Gasteiger partial charge < -0.3 is 39.2 Å². The number of amides is 6. The molecule has 0 aromatic heterocycles. The van der Waals surface area contributed by atoms with E-state index >= 15 is 0 Å². The van der Waals surface area contributed by atoms with Gasteiger partial charge in [0.05, 0.1) is 40.7 Å². The molecule has 2 saturated heterocycles. The first-order valence-electron chi connectivity index (χ1n) is 31.9. The van der Waals surface area contributed by atoms with Crippen molar-refractivity contribution in [3.63, 3.8) is 0 Å². The third kappa shape index (κ3) is 17.5. The van der Waals surface area contributed by atoms with Crippen LogP contribution in [0.15, 0.2) is 146 Å². The first kappa shape index (κ1) is 83.5. The number of likely N-dealkylation sites (tertiary alicyclic amines) is 2. The number of carbonyl (C=O) groups is 6. The summed E-state index contributed by atoms with van der Waals surface area (Å²) < 4.78 is 26.2. The third-order valence-corrected chi connectivity index (χ3v) is 25.6. The van der Waals surface area contributed by atoms with Crippen LogP contribution in [0.4, 0.5) is 11.4 Å². The largest absolute Gasteiger partial charge is 0.343 e. The lowest BCUT2D eigenvalue weighted by Gasteiger charge is -2.46. The van der Waals surface area contributed by atoms with Gasteiger partial charge in [-0.25, -0.2) is 0 Å². The number of halogens is 6. The lowest BCUT2D eigenvalue weighted by Crippen LogP contribution is -2.58. The fraction of sp³-hybridized carbons (Fsp3) is 0.417. The van der Waals surface area contributed by atoms with Crippen LogP contribution in [0.1, 0.15) is 98.6 Å². The Morgan fingerprint density at radius 2 is 0.765 bits per heavy atom. The lowest BCUT2D eigenvalue weighted by molar-refractivity contribution is -0.149. The van der Waals surface area contributed by atoms with Crippen molar-refractivity contribution in [1.82, 2.24) is 29.4 Å². The molecule has 4 aliphatic rings. The van der Waals surface area contributed by atoms with Crippen LogP contribution in [-0.2, 0) is 82.4 Å². The Hall–Kier alpha value is -5.20. The summed E-state index contributed by atoms with van der Waals surface area (Å²) in [6.07, 6.45) is 4.44. The molecule has 0 saturated carbocycles. The summed E-state index contributed by atoms with van der Waals surface area (Å²) in [6, 6.07) is 44.9. The topological polar surface area (TPSA) is 162 Å². The van der Waals surface area contributed by atoms with E-state index in [4.69, 9.17) is 46.4 Å². The molecule has 98 heavy (non-hydrogen) atoms. The molecule has 10 rings (SSSR count). The highest BCUT2D eigenvalue weighted by molar-refractivity contribution is 7.85. The van der Waals surface area contributed by atoms with E-state index in [0.29, 0.717) is 80.0 Å². The van der Waals surface area contributed by atoms with Crippen LogP contribution in [0, 0.1) is 0 Å². The Balaban J connectivity index is 0.000000340. The Morgan fingerprint density at radius 1 is 0.449 bits per heavy atom. The quantitative estimate of drug-likeness (QED) is 0.0757. The highest BCUT2D eigenvalue weighted by atomic mass is 35.5. The Kier molecular flexibility index (Phi) is 30.7. The summed E-state index contributed by atoms with van der Waals surface area (Å²) in [5.41, 5.74) is 5.02. The van der Waals surface area contributed by atoms with Crippen LogP contribution < -0.4 is 9.80 Å². The maximum absolute atomic E-state index is 14.1. The summed E-state index contributed by atoms with van der Waals surface area (Å²) in [5, 5.41) is 1.35. The van der Waals surface area contributed by atoms with Crippen molar-refractivity contribution < 1.29 is 37.2 Å². The van der Waals surface area contributed by atoms with E-state index in [1.165, 1.54) is 41.9 Å². The van der Waals surface area contributed by atoms with Gasteiger partial charge in [-0.2, -0.15) is 27.0 Å². The lowest BCUT2D eigenvalue weighted by atomic mass is 9.82. The van der Waals surface area contributed by atoms with Gasteiger partial charge >= 0.3 is 23.6 Å². The second-order valence-electron chi connectivity index (χ2n) is 25.1. The third-order valence-electron chi connectivity index (χ3n) is 20.0. The maximum Gasteiger partial charge on any atom is 0.316 e. The molecule has 532 valence electrons. The fourth-order valence-corrected chi connectivity index (χ4v) is 18.5. The second-order valence-corrected chi connectivity index (χ2v) is 30.3. The van der Waals surface area contributed by atoms with Gasteiger partial charge in [0.2, 0.25) is 11.8 Å². The van der Waals surface area contributed by atoms with Gasteiger partial charge in [-0.3, -0.25) is 37.2 Å². The van der Waals surface area contributed by atoms with E-state index in [9.17, 15) is 37.2 Å². The van der Waals surface area contributed by atoms with Crippen molar-refractivity contribution >= 4 is 167 Å². The van der Waals surface area contributed by atoms with Gasteiger partial charge in [0.15, 0.2) is 0 Å². The number of hydrogen-bond acceptors (Lipinski definition) is 10. The molecule has 4 aliphatic heterocycles. The number of para-hydroxylation sites is 2. The van der Waals surface area contributed by atoms with Crippen molar-refractivity contribution in [2.24, 2.45) is 0 Å². The number of fused-ring (bicyclic) bond motifs is 4. The first-order valence-corrected chi connectivity index (χ1v) is 36.0. The SMILES string of the molecule is CCC(=O)N(C)C[C@](CCN1CCC2(CC1)c1ccccc1CS2=O)(c1ccc(Cl)c(Cl)c1)N(C)C(=O)C(=O)N(C)c1ccccc1.CCC(=O)N(C)C[C@](CCN1CCC2(CC1)c1ccccc1CS2=O)(c1ccc(Cl)c(Cl)c1)N(C)C(=O)C(=O)N(C)c1ccccc1.Cl.Cl.S.S. The van der Waals surface area contributed by atoms with Crippen LogP contribution in [0.5, 0.6) is 0 Å². The molecule has 4 atom stereocenters. The van der Waals surface area contributed by atoms with E-state index < -0.39 is 56.3 Å². The number of benzene rings is 6. The standard InChI is InChI=1S/2C36H42Cl2N4O4S.2ClH.2H2S/c2*1-5-32(43)39(2)25-35(27-15-16-30(37)31(38)23-27,41(4)34(45)33(44)40(3)28-12-7-6-8-13-28)17-20-42-21-18-36(19-22-42)29-14-10-9-11-26(29)24-47(36)46;;;;/h2*6-16,23H,5,17-22,24-25H2,1-4H3;2*1H;2*1H2/t2*35-,47?;;;;/m11..../s1. The molecule has 0 radical (unpaired) electrons. The molecule has 2 spiro atoms. The summed E-state index contributed by atoms with van der Waals surface area (Å²) in [4.78, 5) is 95.2. The molecule has 0 N–H and O–H groups in total. The number of rotatable bonds is 18. The van der Waals surface area contributed by atoms with Gasteiger partial charge in [0.25, 0.3) is 0 Å². The van der Waals surface area contributed by atoms with Crippen LogP contribution >= 0.6 is 98.2 Å². The Bertz CT molecular complexity index is 3590. The smallest absolute Gasteiger partial charge is 0.316 e. The van der Waals surface area contributed by atoms with E-state index in [0.717, 1.165) is 51.9 Å². The van der Waals surface area contributed by atoms with Crippen LogP contribution in [0.25, 0.3) is 0 Å². The summed E-state index contributed by atoms with van der Waals surface area (Å²) in [5.74, 6) is -1.83. The molecule has 6 amide bonds. The molecule has 6 aromatic rings. The number of carbonyl (C=O) groups excluding carboxylic acids is 6. The maximum atomic E-state index is 14.1. The molecule has 2 unspecified atom stereocenters. The molecule has 0 aliphatic carbocycles. The second kappa shape index (κ2) is 36.1. The van der Waals surface area contributed by atoms with Gasteiger partial charge in [0, 0.05) is 126 Å². The van der Waals surface area contributed by atoms with E-state index in [1.54, 1.807) is 139 Å². The minimum atomic E-state index is -1.13. The monoisotopic (exact) mass is 1530 g/mol. The van der Waals surface area contributed by atoms with E-state index in [-0.39, 0.29) is 99.0 Å². The van der Waals surface area contributed by atoms with Crippen molar-refractivity contribution in [1.29, 1.82) is 0 Å². The zero-order chi connectivity index (χ0) is 67.9. The van der Waals surface area contributed by atoms with Gasteiger partial charge in [-0.15, -0.1) is 24.8 Å². The number of likely N-dealkylation sites (N-methyl/N-ethyl adjacent to an activating group) is 6. The fourth-order valence-electron chi connectivity index (χ4n) is 14.1. The van der Waals surface area contributed by atoms with Gasteiger partial charge in [-0.05, 0) is 147 Å². The number of nitrogens with zero attached hydrogens (tertiary/aromatic N) is 8. The molecule has 26 heteroatoms. The zero-order valence-corrected chi connectivity index (χ0v) is 64.9. The average Bonchev–Trinajstić information content (AvgIpc) is 1.43. The predicted molar refractivity (Wildman–Crippen MR) is 413 cm³/mol. The zero-order valence-electron chi connectivity index (χ0n) is 56.6. The Labute approximate surface area is 629 Å². The van der Waals surface area contributed by atoms with Crippen molar-refractivity contribution in [2.45, 2.75) is 97.3 Å². The summed E-state index contributed by atoms with van der Waals surface area (Å²) >= 11 is 25.8. The van der Waals surface area contributed by atoms with Crippen LogP contribution in [0.2, 0.25) is 20.1 Å². The number of hydrogen-bond donors (Lipinski definition) is 0. The minimum Gasteiger partial charge on any atom is -0.343 e.